The second-order valence-corrected chi connectivity index (χ2v) is 4.96. The molecule has 2 heterocycles. The van der Waals surface area contributed by atoms with Gasteiger partial charge in [0, 0.05) is 18.0 Å². The molecule has 1 aliphatic rings. The first-order chi connectivity index (χ1) is 9.75. The number of aromatic nitrogens is 2. The molecule has 0 saturated carbocycles. The van der Waals surface area contributed by atoms with Crippen molar-refractivity contribution in [1.29, 1.82) is 0 Å². The van der Waals surface area contributed by atoms with Crippen LogP contribution in [0.25, 0.3) is 10.8 Å². The van der Waals surface area contributed by atoms with Gasteiger partial charge in [-0.1, -0.05) is 18.2 Å². The van der Waals surface area contributed by atoms with E-state index in [4.69, 9.17) is 0 Å². The number of nitrogens with one attached hydrogen (secondary N) is 3. The Morgan fingerprint density at radius 3 is 2.76 bits per heavy atom. The number of hydrogen-bond acceptors (Lipinski definition) is 4. The van der Waals surface area contributed by atoms with Crippen LogP contribution in [0, 0.1) is 0 Å². The fourth-order valence-electron chi connectivity index (χ4n) is 2.52. The van der Waals surface area contributed by atoms with Crippen molar-refractivity contribution >= 4 is 29.1 Å². The van der Waals surface area contributed by atoms with Gasteiger partial charge in [0.2, 0.25) is 0 Å². The van der Waals surface area contributed by atoms with E-state index in [2.05, 4.69) is 20.8 Å². The predicted octanol–water partition coefficient (Wildman–Crippen LogP) is 0.827. The number of rotatable bonds is 2. The van der Waals surface area contributed by atoms with E-state index in [9.17, 15) is 9.59 Å². The molecule has 21 heavy (non-hydrogen) atoms. The SMILES string of the molecule is Cl.O=C(NC1CCCNC1)c1n[nH]c(=O)c2ccccc12. The van der Waals surface area contributed by atoms with Gasteiger partial charge in [0.15, 0.2) is 5.69 Å². The smallest absolute Gasteiger partial charge is 0.272 e. The van der Waals surface area contributed by atoms with Gasteiger partial charge in [-0.15, -0.1) is 12.4 Å². The molecule has 1 aromatic carbocycles. The predicted molar refractivity (Wildman–Crippen MR) is 83.0 cm³/mol. The average Bonchev–Trinajstić information content (AvgIpc) is 2.49. The average molecular weight is 309 g/mol. The largest absolute Gasteiger partial charge is 0.347 e. The quantitative estimate of drug-likeness (QED) is 0.767. The monoisotopic (exact) mass is 308 g/mol. The second-order valence-electron chi connectivity index (χ2n) is 4.96. The van der Waals surface area contributed by atoms with Crippen LogP contribution >= 0.6 is 12.4 Å². The lowest BCUT2D eigenvalue weighted by Crippen LogP contribution is -2.46. The Morgan fingerprint density at radius 1 is 1.29 bits per heavy atom. The maximum atomic E-state index is 12.3. The Bertz CT molecular complexity index is 695. The summed E-state index contributed by atoms with van der Waals surface area (Å²) in [5.41, 5.74) is -0.0118. The van der Waals surface area contributed by atoms with E-state index in [0.717, 1.165) is 25.9 Å². The molecule has 1 atom stereocenters. The highest BCUT2D eigenvalue weighted by Crippen LogP contribution is 2.12. The maximum Gasteiger partial charge on any atom is 0.272 e. The van der Waals surface area contributed by atoms with Crippen LogP contribution in [-0.4, -0.2) is 35.2 Å². The molecule has 3 rings (SSSR count). The van der Waals surface area contributed by atoms with Gasteiger partial charge < -0.3 is 10.6 Å². The van der Waals surface area contributed by atoms with Crippen LogP contribution in [0.3, 0.4) is 0 Å². The number of aromatic amines is 1. The first-order valence-electron chi connectivity index (χ1n) is 6.75. The number of nitrogens with zero attached hydrogens (tertiary/aromatic N) is 1. The molecule has 1 aliphatic heterocycles. The third kappa shape index (κ3) is 3.22. The van der Waals surface area contributed by atoms with Crippen molar-refractivity contribution in [3.63, 3.8) is 0 Å². The first kappa shape index (κ1) is 15.5. The van der Waals surface area contributed by atoms with E-state index in [-0.39, 0.29) is 35.6 Å². The molecule has 1 amide bonds. The summed E-state index contributed by atoms with van der Waals surface area (Å²) in [5, 5.41) is 13.5. The molecule has 1 saturated heterocycles. The van der Waals surface area contributed by atoms with Gasteiger partial charge in [0.25, 0.3) is 11.5 Å². The number of fused-ring (bicyclic) bond motifs is 1. The Hall–Kier alpha value is -1.92. The number of halogens is 1. The second kappa shape index (κ2) is 6.69. The molecule has 0 bridgehead atoms. The van der Waals surface area contributed by atoms with Crippen molar-refractivity contribution in [3.8, 4) is 0 Å². The Balaban J connectivity index is 0.00000161. The minimum absolute atomic E-state index is 0. The lowest BCUT2D eigenvalue weighted by Gasteiger charge is -2.23. The summed E-state index contributed by atoms with van der Waals surface area (Å²) in [6.07, 6.45) is 2.00. The topological polar surface area (TPSA) is 86.9 Å². The van der Waals surface area contributed by atoms with Gasteiger partial charge >= 0.3 is 0 Å². The first-order valence-corrected chi connectivity index (χ1v) is 6.75. The summed E-state index contributed by atoms with van der Waals surface area (Å²) in [4.78, 5) is 24.0. The van der Waals surface area contributed by atoms with Crippen molar-refractivity contribution in [2.45, 2.75) is 18.9 Å². The maximum absolute atomic E-state index is 12.3. The van der Waals surface area contributed by atoms with Crippen LogP contribution in [-0.2, 0) is 0 Å². The van der Waals surface area contributed by atoms with Gasteiger partial charge in [-0.25, -0.2) is 5.10 Å². The standard InChI is InChI=1S/C14H16N4O2.ClH/c19-13-11-6-2-1-5-10(11)12(17-18-13)14(20)16-9-4-3-7-15-8-9;/h1-2,5-6,9,15H,3-4,7-8H2,(H,16,20)(H,18,19);1H. The Morgan fingerprint density at radius 2 is 2.05 bits per heavy atom. The molecule has 1 fully saturated rings. The Labute approximate surface area is 127 Å². The van der Waals surface area contributed by atoms with Crippen molar-refractivity contribution < 1.29 is 4.79 Å². The fraction of sp³-hybridized carbons (Fsp3) is 0.357. The normalized spacial score (nSPS) is 18.0. The molecular weight excluding hydrogens is 292 g/mol. The zero-order valence-corrected chi connectivity index (χ0v) is 12.2. The molecule has 1 aromatic heterocycles. The van der Waals surface area contributed by atoms with Crippen molar-refractivity contribution in [2.75, 3.05) is 13.1 Å². The number of carbonyl (C=O) groups is 1. The van der Waals surface area contributed by atoms with Gasteiger partial charge in [0.05, 0.1) is 5.39 Å². The molecule has 0 aliphatic carbocycles. The third-order valence-electron chi connectivity index (χ3n) is 3.54. The van der Waals surface area contributed by atoms with E-state index >= 15 is 0 Å². The van der Waals surface area contributed by atoms with E-state index < -0.39 is 0 Å². The minimum atomic E-state index is -0.281. The summed E-state index contributed by atoms with van der Waals surface area (Å²) >= 11 is 0. The minimum Gasteiger partial charge on any atom is -0.347 e. The highest BCUT2D eigenvalue weighted by molar-refractivity contribution is 6.04. The van der Waals surface area contributed by atoms with Crippen LogP contribution in [0.2, 0.25) is 0 Å². The van der Waals surface area contributed by atoms with Crippen molar-refractivity contribution in [2.24, 2.45) is 0 Å². The lowest BCUT2D eigenvalue weighted by molar-refractivity contribution is 0.0926. The number of carbonyl (C=O) groups excluding carboxylic acids is 1. The molecule has 112 valence electrons. The summed E-state index contributed by atoms with van der Waals surface area (Å²) in [6.45, 7) is 1.76. The van der Waals surface area contributed by atoms with E-state index in [1.54, 1.807) is 24.3 Å². The van der Waals surface area contributed by atoms with Crippen molar-refractivity contribution in [1.82, 2.24) is 20.8 Å². The van der Waals surface area contributed by atoms with Crippen LogP contribution in [0.5, 0.6) is 0 Å². The van der Waals surface area contributed by atoms with E-state index in [1.165, 1.54) is 0 Å². The van der Waals surface area contributed by atoms with Gasteiger partial charge in [-0.2, -0.15) is 5.10 Å². The third-order valence-corrected chi connectivity index (χ3v) is 3.54. The molecule has 0 spiro atoms. The molecule has 0 radical (unpaired) electrons. The lowest BCUT2D eigenvalue weighted by atomic mass is 10.1. The molecule has 7 heteroatoms. The molecule has 6 nitrogen and oxygen atoms in total. The highest BCUT2D eigenvalue weighted by Gasteiger charge is 2.19. The number of amides is 1. The van der Waals surface area contributed by atoms with Crippen LogP contribution in [0.15, 0.2) is 29.1 Å². The number of piperidine rings is 1. The van der Waals surface area contributed by atoms with Crippen molar-refractivity contribution in [3.05, 3.63) is 40.3 Å². The molecule has 3 N–H and O–H groups in total. The summed E-state index contributed by atoms with van der Waals surface area (Å²) < 4.78 is 0. The van der Waals surface area contributed by atoms with Gasteiger partial charge in [0.1, 0.15) is 0 Å². The number of hydrogen-bond donors (Lipinski definition) is 3. The van der Waals surface area contributed by atoms with Gasteiger partial charge in [-0.3, -0.25) is 9.59 Å². The summed E-state index contributed by atoms with van der Waals surface area (Å²) in [7, 11) is 0. The van der Waals surface area contributed by atoms with E-state index in [0.29, 0.717) is 10.8 Å². The molecule has 1 unspecified atom stereocenters. The van der Waals surface area contributed by atoms with Gasteiger partial charge in [-0.05, 0) is 25.5 Å². The Kier molecular flexibility index (Phi) is 4.93. The fourth-order valence-corrected chi connectivity index (χ4v) is 2.52. The summed E-state index contributed by atoms with van der Waals surface area (Å²) in [5.74, 6) is -0.244. The zero-order chi connectivity index (χ0) is 13.9. The molecular formula is C14H17ClN4O2. The van der Waals surface area contributed by atoms with Crippen LogP contribution < -0.4 is 16.2 Å². The molecule has 2 aromatic rings. The number of H-pyrrole nitrogens is 1. The zero-order valence-electron chi connectivity index (χ0n) is 11.4. The van der Waals surface area contributed by atoms with E-state index in [1.807, 2.05) is 0 Å². The highest BCUT2D eigenvalue weighted by atomic mass is 35.5. The van der Waals surface area contributed by atoms with Crippen LogP contribution in [0.4, 0.5) is 0 Å². The van der Waals surface area contributed by atoms with Crippen LogP contribution in [0.1, 0.15) is 23.3 Å². The summed E-state index contributed by atoms with van der Waals surface area (Å²) in [6, 6.07) is 7.11. The number of benzene rings is 1.